The normalized spacial score (nSPS) is 10.4. The molecule has 0 aliphatic rings. The highest BCUT2D eigenvalue weighted by atomic mass is 14.8. The Hall–Kier alpha value is -0.920. The van der Waals surface area contributed by atoms with Crippen LogP contribution in [0.2, 0.25) is 0 Å². The van der Waals surface area contributed by atoms with Gasteiger partial charge in [-0.25, -0.2) is 9.97 Å². The lowest BCUT2D eigenvalue weighted by atomic mass is 10.0. The first-order chi connectivity index (χ1) is 4.72. The van der Waals surface area contributed by atoms with Crippen molar-refractivity contribution in [3.8, 4) is 0 Å². The molecule has 0 bridgehead atoms. The summed E-state index contributed by atoms with van der Waals surface area (Å²) in [5.41, 5.74) is 2.15. The lowest BCUT2D eigenvalue weighted by Gasteiger charge is -2.04. The number of nitrogens with zero attached hydrogens (tertiary/aromatic N) is 2. The Morgan fingerprint density at radius 3 is 2.60 bits per heavy atom. The first-order valence-corrected chi connectivity index (χ1v) is 3.41. The van der Waals surface area contributed by atoms with Crippen LogP contribution in [0, 0.1) is 13.1 Å². The van der Waals surface area contributed by atoms with Crippen molar-refractivity contribution in [2.45, 2.75) is 26.7 Å². The maximum absolute atomic E-state index is 4.06. The Kier molecular flexibility index (Phi) is 2.00. The van der Waals surface area contributed by atoms with E-state index in [9.17, 15) is 0 Å². The van der Waals surface area contributed by atoms with Crippen molar-refractivity contribution in [1.29, 1.82) is 0 Å². The molecule has 0 aromatic carbocycles. The molecule has 0 unspecified atom stereocenters. The van der Waals surface area contributed by atoms with E-state index in [2.05, 4.69) is 30.0 Å². The van der Waals surface area contributed by atoms with Gasteiger partial charge in [-0.15, -0.1) is 0 Å². The van der Waals surface area contributed by atoms with Crippen LogP contribution in [-0.4, -0.2) is 9.97 Å². The van der Waals surface area contributed by atoms with Crippen LogP contribution in [0.1, 0.15) is 31.0 Å². The molecule has 0 fully saturated rings. The van der Waals surface area contributed by atoms with Crippen LogP contribution >= 0.6 is 0 Å². The third-order valence-corrected chi connectivity index (χ3v) is 1.46. The van der Waals surface area contributed by atoms with Crippen LogP contribution < -0.4 is 0 Å². The molecule has 0 aliphatic carbocycles. The molecule has 0 spiro atoms. The van der Waals surface area contributed by atoms with Crippen molar-refractivity contribution in [3.63, 3.8) is 0 Å². The molecule has 0 aliphatic heterocycles. The van der Waals surface area contributed by atoms with E-state index >= 15 is 0 Å². The molecule has 0 saturated carbocycles. The monoisotopic (exact) mass is 135 g/mol. The lowest BCUT2D eigenvalue weighted by molar-refractivity contribution is 0.825. The zero-order valence-corrected chi connectivity index (χ0v) is 6.55. The minimum atomic E-state index is 0.473. The predicted octanol–water partition coefficient (Wildman–Crippen LogP) is 1.71. The molecule has 1 aromatic heterocycles. The fraction of sp³-hybridized carbons (Fsp3) is 0.500. The lowest BCUT2D eigenvalue weighted by Crippen LogP contribution is -1.95. The van der Waals surface area contributed by atoms with Gasteiger partial charge >= 0.3 is 0 Å². The van der Waals surface area contributed by atoms with Crippen molar-refractivity contribution >= 4 is 0 Å². The predicted molar refractivity (Wildman–Crippen MR) is 39.7 cm³/mol. The molecule has 2 nitrogen and oxygen atoms in total. The topological polar surface area (TPSA) is 25.8 Å². The summed E-state index contributed by atoms with van der Waals surface area (Å²) < 4.78 is 0. The van der Waals surface area contributed by atoms with Gasteiger partial charge in [0.2, 0.25) is 0 Å². The van der Waals surface area contributed by atoms with Gasteiger partial charge < -0.3 is 0 Å². The van der Waals surface area contributed by atoms with Gasteiger partial charge in [0, 0.05) is 11.3 Å². The summed E-state index contributed by atoms with van der Waals surface area (Å²) in [6.07, 6.45) is 4.45. The Labute approximate surface area is 61.3 Å². The van der Waals surface area contributed by atoms with Gasteiger partial charge in [0.05, 0.1) is 6.20 Å². The third-order valence-electron chi connectivity index (χ3n) is 1.46. The van der Waals surface area contributed by atoms with Gasteiger partial charge in [0.1, 0.15) is 6.33 Å². The first-order valence-electron chi connectivity index (χ1n) is 3.41. The molecular weight excluding hydrogens is 124 g/mol. The molecule has 1 radical (unpaired) electrons. The molecule has 0 N–H and O–H groups in total. The van der Waals surface area contributed by atoms with Gasteiger partial charge in [-0.3, -0.25) is 0 Å². The van der Waals surface area contributed by atoms with E-state index in [-0.39, 0.29) is 0 Å². The van der Waals surface area contributed by atoms with Crippen molar-refractivity contribution < 1.29 is 0 Å². The second-order valence-electron chi connectivity index (χ2n) is 2.64. The number of aryl methyl sites for hydroxylation is 1. The van der Waals surface area contributed by atoms with E-state index in [1.807, 2.05) is 6.92 Å². The summed E-state index contributed by atoms with van der Waals surface area (Å²) >= 11 is 0. The van der Waals surface area contributed by atoms with E-state index in [1.165, 1.54) is 6.33 Å². The van der Waals surface area contributed by atoms with Crippen LogP contribution in [0.4, 0.5) is 0 Å². The fourth-order valence-electron chi connectivity index (χ4n) is 0.911. The van der Waals surface area contributed by atoms with Gasteiger partial charge in [-0.2, -0.15) is 0 Å². The Balaban J connectivity index is 3.03. The van der Waals surface area contributed by atoms with Gasteiger partial charge in [-0.05, 0) is 12.8 Å². The number of hydrogen-bond acceptors (Lipinski definition) is 2. The van der Waals surface area contributed by atoms with Crippen LogP contribution in [0.3, 0.4) is 0 Å². The molecule has 1 rings (SSSR count). The van der Waals surface area contributed by atoms with Gasteiger partial charge in [-0.1, -0.05) is 13.8 Å². The quantitative estimate of drug-likeness (QED) is 0.585. The zero-order valence-electron chi connectivity index (χ0n) is 6.55. The minimum Gasteiger partial charge on any atom is -0.241 e. The van der Waals surface area contributed by atoms with Gasteiger partial charge in [0.15, 0.2) is 0 Å². The van der Waals surface area contributed by atoms with Crippen LogP contribution in [-0.2, 0) is 0 Å². The molecule has 0 saturated heterocycles. The van der Waals surface area contributed by atoms with Crippen molar-refractivity contribution in [1.82, 2.24) is 9.97 Å². The second-order valence-corrected chi connectivity index (χ2v) is 2.64. The van der Waals surface area contributed by atoms with Gasteiger partial charge in [0.25, 0.3) is 0 Å². The van der Waals surface area contributed by atoms with E-state index in [0.717, 1.165) is 11.3 Å². The Bertz CT molecular complexity index is 218. The Morgan fingerprint density at radius 1 is 1.50 bits per heavy atom. The zero-order chi connectivity index (χ0) is 7.56. The van der Waals surface area contributed by atoms with E-state index in [0.29, 0.717) is 5.92 Å². The first kappa shape index (κ1) is 7.19. The second kappa shape index (κ2) is 2.78. The fourth-order valence-corrected chi connectivity index (χ4v) is 0.911. The van der Waals surface area contributed by atoms with E-state index in [1.54, 1.807) is 0 Å². The average Bonchev–Trinajstić information content (AvgIpc) is 1.88. The highest BCUT2D eigenvalue weighted by molar-refractivity contribution is 5.16. The van der Waals surface area contributed by atoms with E-state index in [4.69, 9.17) is 0 Å². The largest absolute Gasteiger partial charge is 0.241 e. The minimum absolute atomic E-state index is 0.473. The summed E-state index contributed by atoms with van der Waals surface area (Å²) in [6.45, 7) is 6.21. The van der Waals surface area contributed by atoms with Crippen LogP contribution in [0.25, 0.3) is 0 Å². The highest BCUT2D eigenvalue weighted by Gasteiger charge is 2.02. The average molecular weight is 135 g/mol. The smallest absolute Gasteiger partial charge is 0.116 e. The van der Waals surface area contributed by atoms with E-state index < -0.39 is 0 Å². The number of rotatable bonds is 1. The highest BCUT2D eigenvalue weighted by Crippen LogP contribution is 2.13. The SMILES string of the molecule is Cc1ncn[c]c1C(C)C. The summed E-state index contributed by atoms with van der Waals surface area (Å²) in [7, 11) is 0. The van der Waals surface area contributed by atoms with Crippen molar-refractivity contribution in [2.24, 2.45) is 0 Å². The summed E-state index contributed by atoms with van der Waals surface area (Å²) in [6, 6.07) is 0. The molecule has 1 aromatic rings. The summed E-state index contributed by atoms with van der Waals surface area (Å²) in [4.78, 5) is 7.89. The maximum atomic E-state index is 4.06. The molecule has 2 heteroatoms. The molecule has 0 amide bonds. The molecule has 53 valence electrons. The van der Waals surface area contributed by atoms with Crippen molar-refractivity contribution in [3.05, 3.63) is 23.8 Å². The standard InChI is InChI=1S/C8H11N2/c1-6(2)8-4-9-5-10-7(8)3/h5-6H,1-3H3. The Morgan fingerprint density at radius 2 is 2.20 bits per heavy atom. The van der Waals surface area contributed by atoms with Crippen molar-refractivity contribution in [2.75, 3.05) is 0 Å². The molecule has 0 atom stereocenters. The summed E-state index contributed by atoms with van der Waals surface area (Å²) in [5, 5.41) is 0. The van der Waals surface area contributed by atoms with Crippen LogP contribution in [0.5, 0.6) is 0 Å². The molecule has 1 heterocycles. The number of hydrogen-bond donors (Lipinski definition) is 0. The van der Waals surface area contributed by atoms with Crippen LogP contribution in [0.15, 0.2) is 6.33 Å². The summed E-state index contributed by atoms with van der Waals surface area (Å²) in [5.74, 6) is 0.473. The third kappa shape index (κ3) is 1.32. The molecule has 10 heavy (non-hydrogen) atoms. The maximum Gasteiger partial charge on any atom is 0.116 e. The molecular formula is C8H11N2. The number of aromatic nitrogens is 2.